The van der Waals surface area contributed by atoms with Crippen molar-refractivity contribution in [2.75, 3.05) is 0 Å². The van der Waals surface area contributed by atoms with Gasteiger partial charge in [-0.3, -0.25) is 9.08 Å². The largest absolute Gasteiger partial charge is 0.296 e. The lowest BCUT2D eigenvalue weighted by atomic mass is 9.77. The second kappa shape index (κ2) is 11.4. The molecule has 220 valence electrons. The highest BCUT2D eigenvalue weighted by Gasteiger charge is 2.40. The molecule has 0 N–H and O–H groups in total. The molecule has 0 spiro atoms. The van der Waals surface area contributed by atoms with Crippen molar-refractivity contribution in [3.63, 3.8) is 0 Å². The standard InChI is InChI=1S/C39H27FN6/c40-33-20-17-28(18-21-33)37-34(29-19-22-36-43-25-35(45(36)26-29)38-41-23-10-24-42-38)27-46(44-37)39(30-11-4-1-5-12-30,31-13-6-2-7-14-31)32-15-8-3-9-16-32/h1-27H. The Morgan fingerprint density at radius 2 is 1.11 bits per heavy atom. The summed E-state index contributed by atoms with van der Waals surface area (Å²) in [4.78, 5) is 13.5. The third kappa shape index (κ3) is 4.57. The summed E-state index contributed by atoms with van der Waals surface area (Å²) in [5, 5.41) is 5.38. The maximum atomic E-state index is 14.2. The van der Waals surface area contributed by atoms with Crippen LogP contribution in [-0.2, 0) is 5.54 Å². The first-order valence-electron chi connectivity index (χ1n) is 15.0. The third-order valence-electron chi connectivity index (χ3n) is 8.36. The molecule has 0 aliphatic rings. The summed E-state index contributed by atoms with van der Waals surface area (Å²) in [7, 11) is 0. The lowest BCUT2D eigenvalue weighted by molar-refractivity contribution is 0.461. The molecule has 4 aromatic carbocycles. The zero-order chi connectivity index (χ0) is 30.9. The van der Waals surface area contributed by atoms with E-state index in [1.807, 2.05) is 40.9 Å². The fourth-order valence-corrected chi connectivity index (χ4v) is 6.25. The van der Waals surface area contributed by atoms with Gasteiger partial charge in [-0.25, -0.2) is 19.3 Å². The number of aromatic nitrogens is 6. The number of fused-ring (bicyclic) bond motifs is 1. The molecule has 0 atom stereocenters. The molecule has 0 aliphatic carbocycles. The second-order valence-electron chi connectivity index (χ2n) is 11.0. The number of hydrogen-bond donors (Lipinski definition) is 0. The molecule has 0 amide bonds. The highest BCUT2D eigenvalue weighted by atomic mass is 19.1. The van der Waals surface area contributed by atoms with E-state index in [1.165, 1.54) is 12.1 Å². The number of hydrogen-bond acceptors (Lipinski definition) is 4. The van der Waals surface area contributed by atoms with Crippen molar-refractivity contribution in [3.05, 3.63) is 187 Å². The fraction of sp³-hybridized carbons (Fsp3) is 0.0256. The highest BCUT2D eigenvalue weighted by Crippen LogP contribution is 2.43. The van der Waals surface area contributed by atoms with Crippen LogP contribution in [0.4, 0.5) is 4.39 Å². The van der Waals surface area contributed by atoms with Gasteiger partial charge in [0.2, 0.25) is 0 Å². The first-order chi connectivity index (χ1) is 22.7. The van der Waals surface area contributed by atoms with Gasteiger partial charge in [-0.2, -0.15) is 5.10 Å². The second-order valence-corrected chi connectivity index (χ2v) is 11.0. The number of nitrogens with zero attached hydrogens (tertiary/aromatic N) is 6. The average molecular weight is 599 g/mol. The van der Waals surface area contributed by atoms with Crippen LogP contribution in [0.25, 0.3) is 39.5 Å². The first kappa shape index (κ1) is 27.3. The highest BCUT2D eigenvalue weighted by molar-refractivity contribution is 5.81. The molecule has 0 saturated carbocycles. The van der Waals surface area contributed by atoms with E-state index in [0.717, 1.165) is 50.4 Å². The van der Waals surface area contributed by atoms with Crippen LogP contribution in [-0.4, -0.2) is 29.1 Å². The van der Waals surface area contributed by atoms with Gasteiger partial charge in [0, 0.05) is 41.5 Å². The Morgan fingerprint density at radius 1 is 0.543 bits per heavy atom. The molecule has 8 aromatic rings. The van der Waals surface area contributed by atoms with Crippen molar-refractivity contribution in [3.8, 4) is 33.9 Å². The minimum Gasteiger partial charge on any atom is -0.296 e. The molecule has 0 bridgehead atoms. The number of imidazole rings is 1. The number of pyridine rings is 1. The molecule has 7 heteroatoms. The Kier molecular flexibility index (Phi) is 6.76. The molecule has 4 aromatic heterocycles. The Bertz CT molecular complexity index is 2150. The van der Waals surface area contributed by atoms with Crippen LogP contribution in [0.1, 0.15) is 16.7 Å². The van der Waals surface area contributed by atoms with Crippen molar-refractivity contribution in [2.45, 2.75) is 5.54 Å². The SMILES string of the molecule is Fc1ccc(-c2nn(C(c3ccccc3)(c3ccccc3)c3ccccc3)cc2-c2ccc3ncc(-c4ncccn4)n3c2)cc1. The van der Waals surface area contributed by atoms with Gasteiger partial charge >= 0.3 is 0 Å². The molecule has 0 saturated heterocycles. The summed E-state index contributed by atoms with van der Waals surface area (Å²) in [6.45, 7) is 0. The number of halogens is 1. The van der Waals surface area contributed by atoms with Crippen LogP contribution in [0.5, 0.6) is 0 Å². The lowest BCUT2D eigenvalue weighted by Crippen LogP contribution is -2.38. The molecule has 46 heavy (non-hydrogen) atoms. The van der Waals surface area contributed by atoms with Crippen LogP contribution in [0.2, 0.25) is 0 Å². The van der Waals surface area contributed by atoms with Gasteiger partial charge < -0.3 is 0 Å². The Labute approximate surface area is 265 Å². The maximum absolute atomic E-state index is 14.2. The summed E-state index contributed by atoms with van der Waals surface area (Å²) in [5.41, 5.74) is 7.22. The zero-order valence-corrected chi connectivity index (χ0v) is 24.6. The van der Waals surface area contributed by atoms with Gasteiger partial charge in [0.1, 0.15) is 28.4 Å². The van der Waals surface area contributed by atoms with E-state index in [2.05, 4.69) is 98.6 Å². The van der Waals surface area contributed by atoms with E-state index in [-0.39, 0.29) is 5.82 Å². The van der Waals surface area contributed by atoms with Crippen molar-refractivity contribution in [1.82, 2.24) is 29.1 Å². The molecular formula is C39H27FN6. The zero-order valence-electron chi connectivity index (χ0n) is 24.6. The van der Waals surface area contributed by atoms with E-state index < -0.39 is 5.54 Å². The summed E-state index contributed by atoms with van der Waals surface area (Å²) < 4.78 is 18.2. The van der Waals surface area contributed by atoms with Crippen molar-refractivity contribution >= 4 is 5.65 Å². The minimum atomic E-state index is -0.820. The van der Waals surface area contributed by atoms with Gasteiger partial charge in [-0.1, -0.05) is 91.0 Å². The van der Waals surface area contributed by atoms with Crippen LogP contribution in [0.15, 0.2) is 164 Å². The maximum Gasteiger partial charge on any atom is 0.178 e. The molecule has 6 nitrogen and oxygen atoms in total. The quantitative estimate of drug-likeness (QED) is 0.173. The summed E-state index contributed by atoms with van der Waals surface area (Å²) in [6, 6.07) is 43.6. The van der Waals surface area contributed by atoms with Gasteiger partial charge in [0.25, 0.3) is 0 Å². The van der Waals surface area contributed by atoms with Crippen LogP contribution < -0.4 is 0 Å². The normalized spacial score (nSPS) is 11.6. The van der Waals surface area contributed by atoms with Gasteiger partial charge in [0.15, 0.2) is 5.82 Å². The Balaban J connectivity index is 1.43. The Hall–Kier alpha value is -6.21. The van der Waals surface area contributed by atoms with Crippen molar-refractivity contribution in [2.24, 2.45) is 0 Å². The molecular weight excluding hydrogens is 571 g/mol. The Morgan fingerprint density at radius 3 is 1.70 bits per heavy atom. The van der Waals surface area contributed by atoms with E-state index in [4.69, 9.17) is 5.10 Å². The topological polar surface area (TPSA) is 60.9 Å². The lowest BCUT2D eigenvalue weighted by Gasteiger charge is -2.36. The van der Waals surface area contributed by atoms with E-state index in [1.54, 1.807) is 36.8 Å². The average Bonchev–Trinajstić information content (AvgIpc) is 3.76. The van der Waals surface area contributed by atoms with E-state index in [9.17, 15) is 4.39 Å². The van der Waals surface area contributed by atoms with Gasteiger partial charge in [-0.15, -0.1) is 0 Å². The van der Waals surface area contributed by atoms with E-state index >= 15 is 0 Å². The monoisotopic (exact) mass is 598 g/mol. The third-order valence-corrected chi connectivity index (χ3v) is 8.36. The summed E-state index contributed by atoms with van der Waals surface area (Å²) >= 11 is 0. The fourth-order valence-electron chi connectivity index (χ4n) is 6.25. The number of rotatable bonds is 7. The smallest absolute Gasteiger partial charge is 0.178 e. The molecule has 0 unspecified atom stereocenters. The predicted molar refractivity (Wildman–Crippen MR) is 177 cm³/mol. The van der Waals surface area contributed by atoms with Crippen LogP contribution in [0.3, 0.4) is 0 Å². The predicted octanol–water partition coefficient (Wildman–Crippen LogP) is 8.30. The molecule has 0 aliphatic heterocycles. The van der Waals surface area contributed by atoms with Crippen molar-refractivity contribution < 1.29 is 4.39 Å². The summed E-state index contributed by atoms with van der Waals surface area (Å²) in [5.74, 6) is 0.280. The molecule has 0 radical (unpaired) electrons. The van der Waals surface area contributed by atoms with Crippen LogP contribution in [0, 0.1) is 5.82 Å². The minimum absolute atomic E-state index is 0.302. The number of benzene rings is 4. The summed E-state index contributed by atoms with van der Waals surface area (Å²) in [6.07, 6.45) is 9.36. The molecule has 8 rings (SSSR count). The van der Waals surface area contributed by atoms with Gasteiger partial charge in [0.05, 0.1) is 6.20 Å². The van der Waals surface area contributed by atoms with Crippen LogP contribution >= 0.6 is 0 Å². The molecule has 0 fully saturated rings. The first-order valence-corrected chi connectivity index (χ1v) is 15.0. The van der Waals surface area contributed by atoms with E-state index in [0.29, 0.717) is 5.82 Å². The van der Waals surface area contributed by atoms with Gasteiger partial charge in [-0.05, 0) is 59.2 Å². The van der Waals surface area contributed by atoms with Crippen molar-refractivity contribution in [1.29, 1.82) is 0 Å². The molecule has 4 heterocycles.